The summed E-state index contributed by atoms with van der Waals surface area (Å²) >= 11 is 0. The summed E-state index contributed by atoms with van der Waals surface area (Å²) in [6.45, 7) is 4.41. The van der Waals surface area contributed by atoms with Gasteiger partial charge >= 0.3 is 0 Å². The van der Waals surface area contributed by atoms with Gasteiger partial charge in [0, 0.05) is 67.3 Å². The van der Waals surface area contributed by atoms with Crippen LogP contribution in [0.25, 0.3) is 44.9 Å². The molecule has 1 aliphatic carbocycles. The highest BCUT2D eigenvalue weighted by Crippen LogP contribution is 2.42. The minimum atomic E-state index is 0.406. The average molecular weight is 541 g/mol. The Labute approximate surface area is 238 Å². The smallest absolute Gasteiger partial charge is 0.150 e. The first-order valence-electron chi connectivity index (χ1n) is 14.5. The van der Waals surface area contributed by atoms with Gasteiger partial charge < -0.3 is 11.1 Å². The van der Waals surface area contributed by atoms with Gasteiger partial charge in [0.05, 0.1) is 11.0 Å². The van der Waals surface area contributed by atoms with Crippen LogP contribution in [0.15, 0.2) is 91.3 Å². The maximum absolute atomic E-state index is 6.50. The molecule has 4 heterocycles. The van der Waals surface area contributed by atoms with Crippen LogP contribution in [0.4, 0.5) is 5.82 Å². The maximum atomic E-state index is 6.50. The molecular weight excluding hydrogens is 508 g/mol. The molecule has 41 heavy (non-hydrogen) atoms. The van der Waals surface area contributed by atoms with E-state index < -0.39 is 0 Å². The summed E-state index contributed by atoms with van der Waals surface area (Å²) in [7, 11) is 0. The number of anilines is 1. The van der Waals surface area contributed by atoms with E-state index in [0.29, 0.717) is 17.8 Å². The standard InChI is InChI=1S/C33H32N8/c34-31-30-29(38-32(40(30)18-15-36-31)24-19-26(20-24)39-16-13-35-14-17-39)23-11-12-28-27(21-23)37-33(22-7-3-1-4-8-22)41(28)25-9-5-2-6-10-25/h1-12,15,18,21,24,26,35H,13-14,16-17,19-20H2,(H2,34,36)/t24-,26+. The van der Waals surface area contributed by atoms with E-state index in [-0.39, 0.29) is 0 Å². The fraction of sp³-hybridized carbons (Fsp3) is 0.242. The second-order valence-corrected chi connectivity index (χ2v) is 11.1. The molecule has 0 radical (unpaired) electrons. The van der Waals surface area contributed by atoms with Crippen molar-refractivity contribution in [1.82, 2.24) is 34.1 Å². The number of hydrogen-bond acceptors (Lipinski definition) is 6. The van der Waals surface area contributed by atoms with E-state index in [1.54, 1.807) is 6.20 Å². The molecular formula is C33H32N8. The molecule has 1 aliphatic heterocycles. The first kappa shape index (κ1) is 24.3. The van der Waals surface area contributed by atoms with Crippen molar-refractivity contribution in [3.63, 3.8) is 0 Å². The van der Waals surface area contributed by atoms with Crippen LogP contribution in [0.2, 0.25) is 0 Å². The number of para-hydroxylation sites is 1. The van der Waals surface area contributed by atoms with Gasteiger partial charge in [-0.25, -0.2) is 15.0 Å². The third-order valence-corrected chi connectivity index (χ3v) is 8.73. The third-order valence-electron chi connectivity index (χ3n) is 8.73. The Morgan fingerprint density at radius 1 is 0.829 bits per heavy atom. The fourth-order valence-corrected chi connectivity index (χ4v) is 6.57. The molecule has 0 spiro atoms. The molecule has 0 atom stereocenters. The van der Waals surface area contributed by atoms with Crippen molar-refractivity contribution in [3.05, 3.63) is 97.1 Å². The van der Waals surface area contributed by atoms with E-state index in [9.17, 15) is 0 Å². The number of imidazole rings is 2. The van der Waals surface area contributed by atoms with E-state index >= 15 is 0 Å². The van der Waals surface area contributed by atoms with Crippen LogP contribution in [0.5, 0.6) is 0 Å². The Hall–Kier alpha value is -4.53. The maximum Gasteiger partial charge on any atom is 0.150 e. The zero-order valence-electron chi connectivity index (χ0n) is 22.8. The Balaban J connectivity index is 1.22. The largest absolute Gasteiger partial charge is 0.382 e. The van der Waals surface area contributed by atoms with Gasteiger partial charge in [0.25, 0.3) is 0 Å². The fourth-order valence-electron chi connectivity index (χ4n) is 6.57. The molecule has 2 fully saturated rings. The lowest BCUT2D eigenvalue weighted by atomic mass is 9.78. The van der Waals surface area contributed by atoms with Crippen LogP contribution in [-0.2, 0) is 0 Å². The first-order chi connectivity index (χ1) is 20.2. The zero-order chi connectivity index (χ0) is 27.3. The zero-order valence-corrected chi connectivity index (χ0v) is 22.8. The predicted octanol–water partition coefficient (Wildman–Crippen LogP) is 5.14. The molecule has 8 heteroatoms. The summed E-state index contributed by atoms with van der Waals surface area (Å²) in [5.74, 6) is 2.90. The molecule has 1 saturated heterocycles. The number of rotatable bonds is 5. The average Bonchev–Trinajstić information content (AvgIpc) is 3.58. The molecule has 0 amide bonds. The van der Waals surface area contributed by atoms with Gasteiger partial charge in [0.15, 0.2) is 0 Å². The number of nitrogens with one attached hydrogen (secondary N) is 1. The Morgan fingerprint density at radius 3 is 2.37 bits per heavy atom. The minimum absolute atomic E-state index is 0.406. The molecule has 8 rings (SSSR count). The lowest BCUT2D eigenvalue weighted by Crippen LogP contribution is -2.52. The Bertz CT molecular complexity index is 1850. The summed E-state index contributed by atoms with van der Waals surface area (Å²) in [6, 6.07) is 27.8. The number of nitrogens with zero attached hydrogens (tertiary/aromatic N) is 6. The molecule has 204 valence electrons. The van der Waals surface area contributed by atoms with Gasteiger partial charge in [0.1, 0.15) is 28.7 Å². The highest BCUT2D eigenvalue weighted by molar-refractivity contribution is 5.92. The van der Waals surface area contributed by atoms with Gasteiger partial charge in [-0.1, -0.05) is 54.6 Å². The van der Waals surface area contributed by atoms with Gasteiger partial charge in [-0.3, -0.25) is 13.9 Å². The van der Waals surface area contributed by atoms with Crippen molar-refractivity contribution >= 4 is 22.4 Å². The van der Waals surface area contributed by atoms with Crippen molar-refractivity contribution in [1.29, 1.82) is 0 Å². The van der Waals surface area contributed by atoms with Crippen LogP contribution < -0.4 is 11.1 Å². The molecule has 6 aromatic rings. The molecule has 0 unspecified atom stereocenters. The van der Waals surface area contributed by atoms with Crippen molar-refractivity contribution in [2.75, 3.05) is 31.9 Å². The molecule has 3 aromatic heterocycles. The second kappa shape index (κ2) is 9.83. The number of aromatic nitrogens is 5. The lowest BCUT2D eigenvalue weighted by Gasteiger charge is -2.44. The SMILES string of the molecule is Nc1nccn2c1c(-c1ccc3c(c1)nc(-c1ccccc1)n3-c1ccccc1)nc2[C@H]1C[C@@H](N2CCNCC2)C1. The van der Waals surface area contributed by atoms with Crippen molar-refractivity contribution in [3.8, 4) is 28.3 Å². The highest BCUT2D eigenvalue weighted by atomic mass is 15.2. The normalized spacial score (nSPS) is 19.5. The number of fused-ring (bicyclic) bond motifs is 2. The third kappa shape index (κ3) is 4.10. The quantitative estimate of drug-likeness (QED) is 0.315. The lowest BCUT2D eigenvalue weighted by molar-refractivity contribution is 0.0928. The number of piperazine rings is 1. The number of benzene rings is 3. The van der Waals surface area contributed by atoms with Gasteiger partial charge in [-0.15, -0.1) is 0 Å². The Kier molecular flexibility index (Phi) is 5.82. The van der Waals surface area contributed by atoms with E-state index in [0.717, 1.165) is 89.7 Å². The monoisotopic (exact) mass is 540 g/mol. The van der Waals surface area contributed by atoms with E-state index in [1.807, 2.05) is 18.3 Å². The topological polar surface area (TPSA) is 89.3 Å². The van der Waals surface area contributed by atoms with E-state index in [1.165, 1.54) is 0 Å². The molecule has 0 bridgehead atoms. The molecule has 1 saturated carbocycles. The molecule has 2 aliphatic rings. The van der Waals surface area contributed by atoms with E-state index in [2.05, 4.69) is 90.9 Å². The van der Waals surface area contributed by atoms with Gasteiger partial charge in [0.2, 0.25) is 0 Å². The number of nitrogens with two attached hydrogens (primary N) is 1. The van der Waals surface area contributed by atoms with Crippen molar-refractivity contribution < 1.29 is 0 Å². The van der Waals surface area contributed by atoms with Crippen LogP contribution in [0, 0.1) is 0 Å². The van der Waals surface area contributed by atoms with Gasteiger partial charge in [-0.05, 0) is 37.1 Å². The van der Waals surface area contributed by atoms with E-state index in [4.69, 9.17) is 15.7 Å². The predicted molar refractivity (Wildman–Crippen MR) is 163 cm³/mol. The van der Waals surface area contributed by atoms with Crippen LogP contribution >= 0.6 is 0 Å². The van der Waals surface area contributed by atoms with Gasteiger partial charge in [-0.2, -0.15) is 0 Å². The molecule has 3 aromatic carbocycles. The summed E-state index contributed by atoms with van der Waals surface area (Å²) in [4.78, 5) is 17.5. The van der Waals surface area contributed by atoms with Crippen LogP contribution in [0.1, 0.15) is 24.6 Å². The number of hydrogen-bond donors (Lipinski definition) is 2. The minimum Gasteiger partial charge on any atom is -0.382 e. The summed E-state index contributed by atoms with van der Waals surface area (Å²) in [5.41, 5.74) is 13.3. The summed E-state index contributed by atoms with van der Waals surface area (Å²) < 4.78 is 4.39. The number of nitrogen functional groups attached to an aromatic ring is 1. The second-order valence-electron chi connectivity index (χ2n) is 11.1. The summed E-state index contributed by atoms with van der Waals surface area (Å²) in [5, 5.41) is 3.46. The highest BCUT2D eigenvalue weighted by Gasteiger charge is 2.38. The van der Waals surface area contributed by atoms with Crippen LogP contribution in [-0.4, -0.2) is 61.0 Å². The molecule has 3 N–H and O–H groups in total. The van der Waals surface area contributed by atoms with Crippen molar-refractivity contribution in [2.24, 2.45) is 0 Å². The Morgan fingerprint density at radius 2 is 1.59 bits per heavy atom. The molecule has 8 nitrogen and oxygen atoms in total. The van der Waals surface area contributed by atoms with Crippen LogP contribution in [0.3, 0.4) is 0 Å². The van der Waals surface area contributed by atoms with Crippen molar-refractivity contribution in [2.45, 2.75) is 24.8 Å². The first-order valence-corrected chi connectivity index (χ1v) is 14.5. The summed E-state index contributed by atoms with van der Waals surface area (Å²) in [6.07, 6.45) is 6.04.